The van der Waals surface area contributed by atoms with Crippen LogP contribution in [0.2, 0.25) is 0 Å². The average molecular weight is 531 g/mol. The van der Waals surface area contributed by atoms with Gasteiger partial charge in [0, 0.05) is 14.6 Å². The van der Waals surface area contributed by atoms with E-state index in [0.29, 0.717) is 5.69 Å². The number of hydrogen-bond acceptors (Lipinski definition) is 4. The summed E-state index contributed by atoms with van der Waals surface area (Å²) in [6, 6.07) is 18.0. The van der Waals surface area contributed by atoms with Gasteiger partial charge in [0.2, 0.25) is 9.84 Å². The quantitative estimate of drug-likeness (QED) is 0.511. The molecule has 3 rings (SSSR count). The first-order valence-corrected chi connectivity index (χ1v) is 12.1. The minimum Gasteiger partial charge on any atom is -0.280 e. The number of hydrogen-bond donors (Lipinski definition) is 1. The van der Waals surface area contributed by atoms with E-state index in [2.05, 4.69) is 36.6 Å². The number of sulfonamides is 1. The van der Waals surface area contributed by atoms with E-state index in [1.807, 2.05) is 0 Å². The summed E-state index contributed by atoms with van der Waals surface area (Å²) < 4.78 is 54.8. The summed E-state index contributed by atoms with van der Waals surface area (Å²) in [7, 11) is -7.77. The molecule has 0 spiro atoms. The lowest BCUT2D eigenvalue weighted by Crippen LogP contribution is -2.13. The van der Waals surface area contributed by atoms with Gasteiger partial charge in [0.15, 0.2) is 0 Å². The standard InChI is InChI=1S/C18H13Br2NO4S2/c19-13-4-8-15(9-5-13)21-27(24,25)18-3-1-2-17(12-18)26(22,23)16-10-6-14(20)7-11-16/h1-12,21H. The summed E-state index contributed by atoms with van der Waals surface area (Å²) in [5.41, 5.74) is 0.374. The zero-order chi connectivity index (χ0) is 19.7. The SMILES string of the molecule is O=S(=O)(Nc1ccc(Br)cc1)c1cccc(S(=O)(=O)c2ccc(Br)cc2)c1. The third-order valence-electron chi connectivity index (χ3n) is 3.65. The van der Waals surface area contributed by atoms with E-state index in [1.165, 1.54) is 30.3 Å². The van der Waals surface area contributed by atoms with Gasteiger partial charge in [-0.1, -0.05) is 37.9 Å². The van der Waals surface area contributed by atoms with Crippen LogP contribution >= 0.6 is 31.9 Å². The second kappa shape index (κ2) is 7.75. The first kappa shape index (κ1) is 20.1. The highest BCUT2D eigenvalue weighted by Crippen LogP contribution is 2.25. The normalized spacial score (nSPS) is 11.9. The Morgan fingerprint density at radius 1 is 0.630 bits per heavy atom. The summed E-state index contributed by atoms with van der Waals surface area (Å²) in [5, 5.41) is 0. The molecule has 27 heavy (non-hydrogen) atoms. The van der Waals surface area contributed by atoms with Crippen LogP contribution in [0.1, 0.15) is 0 Å². The monoisotopic (exact) mass is 529 g/mol. The van der Waals surface area contributed by atoms with E-state index >= 15 is 0 Å². The lowest BCUT2D eigenvalue weighted by molar-refractivity contribution is 0.595. The largest absolute Gasteiger partial charge is 0.280 e. The first-order valence-electron chi connectivity index (χ1n) is 7.58. The lowest BCUT2D eigenvalue weighted by atomic mass is 10.3. The van der Waals surface area contributed by atoms with Crippen LogP contribution < -0.4 is 4.72 Å². The highest BCUT2D eigenvalue weighted by atomic mass is 79.9. The van der Waals surface area contributed by atoms with Crippen LogP contribution in [-0.2, 0) is 19.9 Å². The molecule has 0 atom stereocenters. The van der Waals surface area contributed by atoms with Crippen molar-refractivity contribution in [1.29, 1.82) is 0 Å². The van der Waals surface area contributed by atoms with Crippen LogP contribution in [0.5, 0.6) is 0 Å². The van der Waals surface area contributed by atoms with E-state index in [-0.39, 0.29) is 14.7 Å². The molecule has 0 fully saturated rings. The van der Waals surface area contributed by atoms with Crippen molar-refractivity contribution in [2.75, 3.05) is 4.72 Å². The zero-order valence-corrected chi connectivity index (χ0v) is 18.4. The fourth-order valence-corrected chi connectivity index (χ4v) is 5.30. The lowest BCUT2D eigenvalue weighted by Gasteiger charge is -2.10. The number of benzene rings is 3. The summed E-state index contributed by atoms with van der Waals surface area (Å²) in [4.78, 5) is -0.145. The van der Waals surface area contributed by atoms with Crippen LogP contribution in [0.3, 0.4) is 0 Å². The molecule has 3 aromatic rings. The predicted molar refractivity (Wildman–Crippen MR) is 111 cm³/mol. The molecular weight excluding hydrogens is 518 g/mol. The maximum atomic E-state index is 12.8. The molecule has 0 amide bonds. The highest BCUT2D eigenvalue weighted by molar-refractivity contribution is 9.10. The van der Waals surface area contributed by atoms with Gasteiger partial charge in [0.1, 0.15) is 0 Å². The van der Waals surface area contributed by atoms with Crippen LogP contribution in [0.15, 0.2) is 96.4 Å². The van der Waals surface area contributed by atoms with E-state index in [4.69, 9.17) is 0 Å². The molecule has 140 valence electrons. The van der Waals surface area contributed by atoms with E-state index in [1.54, 1.807) is 36.4 Å². The van der Waals surface area contributed by atoms with Crippen molar-refractivity contribution in [3.63, 3.8) is 0 Å². The molecule has 1 N–H and O–H groups in total. The summed E-state index contributed by atoms with van der Waals surface area (Å²) in [6.45, 7) is 0. The van der Waals surface area contributed by atoms with Gasteiger partial charge in [0.05, 0.1) is 14.7 Å². The zero-order valence-electron chi connectivity index (χ0n) is 13.6. The molecule has 0 unspecified atom stereocenters. The Kier molecular flexibility index (Phi) is 5.76. The molecule has 0 bridgehead atoms. The Bertz CT molecular complexity index is 1170. The van der Waals surface area contributed by atoms with E-state index in [0.717, 1.165) is 15.0 Å². The maximum absolute atomic E-state index is 12.8. The minimum absolute atomic E-state index is 0.0844. The van der Waals surface area contributed by atoms with Crippen LogP contribution in [0.4, 0.5) is 5.69 Å². The molecule has 0 heterocycles. The van der Waals surface area contributed by atoms with E-state index < -0.39 is 19.9 Å². The Morgan fingerprint density at radius 2 is 1.15 bits per heavy atom. The van der Waals surface area contributed by atoms with Crippen molar-refractivity contribution in [3.8, 4) is 0 Å². The summed E-state index contributed by atoms with van der Waals surface area (Å²) in [5.74, 6) is 0. The molecule has 0 aromatic heterocycles. The smallest absolute Gasteiger partial charge is 0.261 e. The Balaban J connectivity index is 1.97. The molecule has 0 radical (unpaired) electrons. The fourth-order valence-electron chi connectivity index (χ4n) is 2.29. The number of nitrogens with one attached hydrogen (secondary N) is 1. The molecule has 9 heteroatoms. The van der Waals surface area contributed by atoms with Gasteiger partial charge in [0.25, 0.3) is 10.0 Å². The summed E-state index contributed by atoms with van der Waals surface area (Å²) in [6.07, 6.45) is 0. The number of anilines is 1. The molecule has 0 aliphatic heterocycles. The molecular formula is C18H13Br2NO4S2. The molecule has 0 aliphatic carbocycles. The van der Waals surface area contributed by atoms with Gasteiger partial charge in [-0.05, 0) is 66.7 Å². The van der Waals surface area contributed by atoms with Gasteiger partial charge < -0.3 is 0 Å². The van der Waals surface area contributed by atoms with Crippen molar-refractivity contribution >= 4 is 57.4 Å². The third-order valence-corrected chi connectivity index (χ3v) is 7.85. The van der Waals surface area contributed by atoms with Crippen molar-refractivity contribution in [3.05, 3.63) is 81.7 Å². The first-order chi connectivity index (χ1) is 12.7. The second-order valence-electron chi connectivity index (χ2n) is 5.54. The Morgan fingerprint density at radius 3 is 1.74 bits per heavy atom. The van der Waals surface area contributed by atoms with Gasteiger partial charge in [-0.25, -0.2) is 16.8 Å². The van der Waals surface area contributed by atoms with Gasteiger partial charge in [-0.3, -0.25) is 4.72 Å². The number of halogens is 2. The highest BCUT2D eigenvalue weighted by Gasteiger charge is 2.21. The van der Waals surface area contributed by atoms with Crippen LogP contribution in [-0.4, -0.2) is 16.8 Å². The van der Waals surface area contributed by atoms with E-state index in [9.17, 15) is 16.8 Å². The Labute approximate surface area is 174 Å². The topological polar surface area (TPSA) is 80.3 Å². The number of sulfone groups is 1. The molecule has 0 aliphatic rings. The van der Waals surface area contributed by atoms with Crippen LogP contribution in [0, 0.1) is 0 Å². The molecule has 5 nitrogen and oxygen atoms in total. The van der Waals surface area contributed by atoms with Crippen molar-refractivity contribution < 1.29 is 16.8 Å². The fraction of sp³-hybridized carbons (Fsp3) is 0. The van der Waals surface area contributed by atoms with Gasteiger partial charge in [-0.15, -0.1) is 0 Å². The summed E-state index contributed by atoms with van der Waals surface area (Å²) >= 11 is 6.54. The maximum Gasteiger partial charge on any atom is 0.261 e. The molecule has 0 saturated heterocycles. The predicted octanol–water partition coefficient (Wildman–Crippen LogP) is 4.85. The van der Waals surface area contributed by atoms with Crippen LogP contribution in [0.25, 0.3) is 0 Å². The Hall–Kier alpha value is -1.68. The molecule has 0 saturated carbocycles. The van der Waals surface area contributed by atoms with Crippen molar-refractivity contribution in [2.45, 2.75) is 14.7 Å². The van der Waals surface area contributed by atoms with Crippen molar-refractivity contribution in [1.82, 2.24) is 0 Å². The molecule has 3 aromatic carbocycles. The number of rotatable bonds is 5. The third kappa shape index (κ3) is 4.60. The average Bonchev–Trinajstić information content (AvgIpc) is 2.64. The second-order valence-corrected chi connectivity index (χ2v) is 11.0. The minimum atomic E-state index is -3.94. The van der Waals surface area contributed by atoms with Crippen molar-refractivity contribution in [2.24, 2.45) is 0 Å². The van der Waals surface area contributed by atoms with Gasteiger partial charge in [-0.2, -0.15) is 0 Å². The van der Waals surface area contributed by atoms with Gasteiger partial charge >= 0.3 is 0 Å².